The van der Waals surface area contributed by atoms with Crippen LogP contribution in [0.25, 0.3) is 5.76 Å². The van der Waals surface area contributed by atoms with Crippen molar-refractivity contribution in [3.05, 3.63) is 101 Å². The van der Waals surface area contributed by atoms with E-state index in [2.05, 4.69) is 11.9 Å². The van der Waals surface area contributed by atoms with E-state index in [1.807, 2.05) is 0 Å². The number of amides is 1. The minimum Gasteiger partial charge on any atom is -0.507 e. The number of pyridine rings is 1. The first-order valence-corrected chi connectivity index (χ1v) is 12.0. The molecule has 0 aliphatic carbocycles. The summed E-state index contributed by atoms with van der Waals surface area (Å²) in [6.07, 6.45) is 5.08. The standard InChI is InChI=1S/C29H28N2O6/c1-3-4-16-37-23-7-5-6-22(17-23)26(32)24-25(20-8-10-21(11-9-20)29(35)36-2)31(28(34)27(24)33)18-19-12-14-30-15-13-19/h5-15,17,25,32H,3-4,16,18H2,1-2H3/b26-24+. The first-order valence-electron chi connectivity index (χ1n) is 12.0. The summed E-state index contributed by atoms with van der Waals surface area (Å²) in [5, 5.41) is 11.3. The number of carbonyl (C=O) groups excluding carboxylic acids is 3. The SMILES string of the molecule is CCCCOc1cccc(/C(O)=C2\C(=O)C(=O)N(Cc3ccncc3)C2c2ccc(C(=O)OC)cc2)c1. The Kier molecular flexibility index (Phi) is 7.98. The van der Waals surface area contributed by atoms with Crippen LogP contribution in [-0.2, 0) is 20.9 Å². The summed E-state index contributed by atoms with van der Waals surface area (Å²) in [5.41, 5.74) is 2.01. The highest BCUT2D eigenvalue weighted by atomic mass is 16.5. The molecule has 190 valence electrons. The van der Waals surface area contributed by atoms with Gasteiger partial charge >= 0.3 is 5.97 Å². The summed E-state index contributed by atoms with van der Waals surface area (Å²) < 4.78 is 10.5. The van der Waals surface area contributed by atoms with E-state index in [4.69, 9.17) is 9.47 Å². The Morgan fingerprint density at radius 3 is 2.43 bits per heavy atom. The molecule has 0 saturated carbocycles. The Morgan fingerprint density at radius 2 is 1.76 bits per heavy atom. The lowest BCUT2D eigenvalue weighted by Gasteiger charge is -2.25. The molecule has 8 nitrogen and oxygen atoms in total. The van der Waals surface area contributed by atoms with Crippen LogP contribution in [0.1, 0.15) is 52.9 Å². The Hall–Kier alpha value is -4.46. The van der Waals surface area contributed by atoms with Crippen molar-refractivity contribution in [3.8, 4) is 5.75 Å². The molecule has 4 rings (SSSR count). The highest BCUT2D eigenvalue weighted by Crippen LogP contribution is 2.40. The molecule has 1 aliphatic heterocycles. The average molecular weight is 501 g/mol. The Morgan fingerprint density at radius 1 is 1.03 bits per heavy atom. The number of methoxy groups -OCH3 is 1. The molecule has 1 unspecified atom stereocenters. The van der Waals surface area contributed by atoms with Crippen LogP contribution in [0, 0.1) is 0 Å². The molecule has 2 aromatic carbocycles. The second-order valence-electron chi connectivity index (χ2n) is 8.63. The average Bonchev–Trinajstić information content (AvgIpc) is 3.18. The smallest absolute Gasteiger partial charge is 0.337 e. The summed E-state index contributed by atoms with van der Waals surface area (Å²) in [6, 6.07) is 15.9. The molecule has 1 amide bonds. The lowest BCUT2D eigenvalue weighted by molar-refractivity contribution is -0.140. The molecular formula is C29H28N2O6. The van der Waals surface area contributed by atoms with Gasteiger partial charge in [-0.3, -0.25) is 14.6 Å². The number of likely N-dealkylation sites (tertiary alicyclic amines) is 1. The molecule has 3 aromatic rings. The zero-order valence-corrected chi connectivity index (χ0v) is 20.7. The largest absolute Gasteiger partial charge is 0.507 e. The number of unbranched alkanes of at least 4 members (excludes halogenated alkanes) is 1. The fraction of sp³-hybridized carbons (Fsp3) is 0.241. The number of esters is 1. The van der Waals surface area contributed by atoms with Crippen LogP contribution in [-0.4, -0.2) is 46.4 Å². The number of aliphatic hydroxyl groups is 1. The minimum atomic E-state index is -0.871. The van der Waals surface area contributed by atoms with Crippen molar-refractivity contribution < 1.29 is 29.0 Å². The minimum absolute atomic E-state index is 0.0319. The van der Waals surface area contributed by atoms with Crippen molar-refractivity contribution in [1.82, 2.24) is 9.88 Å². The predicted molar refractivity (Wildman–Crippen MR) is 137 cm³/mol. The quantitative estimate of drug-likeness (QED) is 0.150. The molecule has 1 aliphatic rings. The normalized spacial score (nSPS) is 16.6. The van der Waals surface area contributed by atoms with E-state index in [9.17, 15) is 19.5 Å². The number of carbonyl (C=O) groups is 3. The van der Waals surface area contributed by atoms with Gasteiger partial charge in [0.1, 0.15) is 11.5 Å². The highest BCUT2D eigenvalue weighted by Gasteiger charge is 2.46. The maximum atomic E-state index is 13.3. The third kappa shape index (κ3) is 5.53. The first-order chi connectivity index (χ1) is 17.9. The summed E-state index contributed by atoms with van der Waals surface area (Å²) in [4.78, 5) is 43.9. The van der Waals surface area contributed by atoms with E-state index in [1.165, 1.54) is 12.0 Å². The van der Waals surface area contributed by atoms with Crippen LogP contribution >= 0.6 is 0 Å². The molecule has 1 atom stereocenters. The number of hydrogen-bond donors (Lipinski definition) is 1. The first kappa shape index (κ1) is 25.6. The van der Waals surface area contributed by atoms with Crippen molar-refractivity contribution in [1.29, 1.82) is 0 Å². The van der Waals surface area contributed by atoms with Crippen LogP contribution in [0.3, 0.4) is 0 Å². The molecule has 0 bridgehead atoms. The maximum Gasteiger partial charge on any atom is 0.337 e. The van der Waals surface area contributed by atoms with Crippen molar-refractivity contribution in [3.63, 3.8) is 0 Å². The van der Waals surface area contributed by atoms with Crippen molar-refractivity contribution >= 4 is 23.4 Å². The lowest BCUT2D eigenvalue weighted by atomic mass is 9.94. The molecule has 1 aromatic heterocycles. The van der Waals surface area contributed by atoms with E-state index in [0.29, 0.717) is 29.0 Å². The summed E-state index contributed by atoms with van der Waals surface area (Å²) in [7, 11) is 1.29. The van der Waals surface area contributed by atoms with Crippen molar-refractivity contribution in [2.75, 3.05) is 13.7 Å². The van der Waals surface area contributed by atoms with Crippen molar-refractivity contribution in [2.24, 2.45) is 0 Å². The number of hydrogen-bond acceptors (Lipinski definition) is 7. The van der Waals surface area contributed by atoms with Crippen LogP contribution in [0.2, 0.25) is 0 Å². The monoisotopic (exact) mass is 500 g/mol. The number of aromatic nitrogens is 1. The van der Waals surface area contributed by atoms with E-state index in [1.54, 1.807) is 73.1 Å². The number of ether oxygens (including phenoxy) is 2. The number of benzene rings is 2. The summed E-state index contributed by atoms with van der Waals surface area (Å²) in [6.45, 7) is 2.73. The van der Waals surface area contributed by atoms with Gasteiger partial charge in [0.15, 0.2) is 0 Å². The third-order valence-corrected chi connectivity index (χ3v) is 6.16. The Balaban J connectivity index is 1.79. The number of nitrogens with zero attached hydrogens (tertiary/aromatic N) is 2. The van der Waals surface area contributed by atoms with Gasteiger partial charge in [-0.1, -0.05) is 37.6 Å². The molecule has 1 saturated heterocycles. The van der Waals surface area contributed by atoms with Gasteiger partial charge in [-0.05, 0) is 53.9 Å². The molecular weight excluding hydrogens is 472 g/mol. The molecule has 1 fully saturated rings. The summed E-state index contributed by atoms with van der Waals surface area (Å²) in [5.74, 6) is -1.75. The fourth-order valence-corrected chi connectivity index (χ4v) is 4.22. The Bertz CT molecular complexity index is 1320. The van der Waals surface area contributed by atoms with Crippen molar-refractivity contribution in [2.45, 2.75) is 32.4 Å². The molecule has 2 heterocycles. The number of Topliss-reactive ketones (excluding diaryl/α,β-unsaturated/α-hetero) is 1. The van der Waals surface area contributed by atoms with E-state index in [-0.39, 0.29) is 17.9 Å². The van der Waals surface area contributed by atoms with Crippen LogP contribution < -0.4 is 4.74 Å². The molecule has 0 spiro atoms. The third-order valence-electron chi connectivity index (χ3n) is 6.16. The van der Waals surface area contributed by atoms with Gasteiger partial charge in [0, 0.05) is 24.5 Å². The fourth-order valence-electron chi connectivity index (χ4n) is 4.22. The zero-order valence-electron chi connectivity index (χ0n) is 20.7. The van der Waals surface area contributed by atoms with Crippen LogP contribution in [0.4, 0.5) is 0 Å². The van der Waals surface area contributed by atoms with Gasteiger partial charge in [0.2, 0.25) is 0 Å². The zero-order chi connectivity index (χ0) is 26.4. The summed E-state index contributed by atoms with van der Waals surface area (Å²) >= 11 is 0. The van der Waals surface area contributed by atoms with E-state index in [0.717, 1.165) is 18.4 Å². The van der Waals surface area contributed by atoms with Gasteiger partial charge in [-0.2, -0.15) is 0 Å². The molecule has 37 heavy (non-hydrogen) atoms. The van der Waals surface area contributed by atoms with Crippen LogP contribution in [0.5, 0.6) is 5.75 Å². The van der Waals surface area contributed by atoms with E-state index >= 15 is 0 Å². The topological polar surface area (TPSA) is 106 Å². The van der Waals surface area contributed by atoms with E-state index < -0.39 is 23.7 Å². The van der Waals surface area contributed by atoms with Gasteiger partial charge < -0.3 is 19.5 Å². The second-order valence-corrected chi connectivity index (χ2v) is 8.63. The molecule has 0 radical (unpaired) electrons. The second kappa shape index (κ2) is 11.5. The number of rotatable bonds is 9. The van der Waals surface area contributed by atoms with Gasteiger partial charge in [0.25, 0.3) is 11.7 Å². The Labute approximate surface area is 215 Å². The van der Waals surface area contributed by atoms with Gasteiger partial charge in [-0.15, -0.1) is 0 Å². The van der Waals surface area contributed by atoms with Gasteiger partial charge in [-0.25, -0.2) is 4.79 Å². The molecule has 1 N–H and O–H groups in total. The number of ketones is 1. The predicted octanol–water partition coefficient (Wildman–Crippen LogP) is 4.67. The van der Waals surface area contributed by atoms with Crippen LogP contribution in [0.15, 0.2) is 78.6 Å². The molecule has 8 heteroatoms. The lowest BCUT2D eigenvalue weighted by Crippen LogP contribution is -2.29. The maximum absolute atomic E-state index is 13.3. The number of aliphatic hydroxyl groups excluding tert-OH is 1. The van der Waals surface area contributed by atoms with Gasteiger partial charge in [0.05, 0.1) is 30.9 Å². The highest BCUT2D eigenvalue weighted by molar-refractivity contribution is 6.46.